The van der Waals surface area contributed by atoms with E-state index in [0.717, 1.165) is 30.9 Å². The number of hydrogen-bond acceptors (Lipinski definition) is 3. The molecule has 1 fully saturated rings. The van der Waals surface area contributed by atoms with Crippen LogP contribution in [-0.4, -0.2) is 31.9 Å². The average molecular weight is 353 g/mol. The molecule has 0 saturated carbocycles. The van der Waals surface area contributed by atoms with Gasteiger partial charge in [0.2, 0.25) is 0 Å². The second-order valence-corrected chi connectivity index (χ2v) is 6.96. The van der Waals surface area contributed by atoms with Crippen molar-refractivity contribution in [2.45, 2.75) is 13.3 Å². The Balaban J connectivity index is 1.60. The van der Waals surface area contributed by atoms with Gasteiger partial charge in [0.15, 0.2) is 22.9 Å². The Bertz CT molecular complexity index is 1140. The normalized spacial score (nSPS) is 15.0. The summed E-state index contributed by atoms with van der Waals surface area (Å²) < 4.78 is 32.3. The zero-order valence-electron chi connectivity index (χ0n) is 14.2. The van der Waals surface area contributed by atoms with Crippen LogP contribution >= 0.6 is 0 Å². The maximum Gasteiger partial charge on any atom is 0.173 e. The predicted molar refractivity (Wildman–Crippen MR) is 94.1 cm³/mol. The van der Waals surface area contributed by atoms with Crippen molar-refractivity contribution in [3.05, 3.63) is 59.9 Å². The second kappa shape index (κ2) is 5.60. The highest BCUT2D eigenvalue weighted by Gasteiger charge is 2.19. The SMILES string of the molecule is Cc1cn2cc(-c3cc(F)c4nc(CC5CNC5)cn4c3)cc(F)c2n1. The molecular weight excluding hydrogens is 336 g/mol. The molecule has 5 heterocycles. The van der Waals surface area contributed by atoms with Gasteiger partial charge in [0.25, 0.3) is 0 Å². The summed E-state index contributed by atoms with van der Waals surface area (Å²) in [5.74, 6) is -0.286. The molecule has 5 rings (SSSR count). The van der Waals surface area contributed by atoms with Crippen LogP contribution in [0.15, 0.2) is 36.9 Å². The zero-order chi connectivity index (χ0) is 17.8. The molecule has 0 spiro atoms. The average Bonchev–Trinajstić information content (AvgIpc) is 3.14. The van der Waals surface area contributed by atoms with Crippen LogP contribution in [0, 0.1) is 24.5 Å². The third-order valence-corrected chi connectivity index (χ3v) is 4.88. The molecule has 26 heavy (non-hydrogen) atoms. The minimum Gasteiger partial charge on any atom is -0.316 e. The van der Waals surface area contributed by atoms with E-state index in [1.54, 1.807) is 27.4 Å². The van der Waals surface area contributed by atoms with E-state index in [-0.39, 0.29) is 5.65 Å². The summed E-state index contributed by atoms with van der Waals surface area (Å²) in [5.41, 5.74) is 3.36. The van der Waals surface area contributed by atoms with E-state index < -0.39 is 11.6 Å². The summed E-state index contributed by atoms with van der Waals surface area (Å²) in [6.07, 6.45) is 7.99. The molecule has 0 radical (unpaired) electrons. The number of aromatic nitrogens is 4. The largest absolute Gasteiger partial charge is 0.316 e. The number of nitrogens with zero attached hydrogens (tertiary/aromatic N) is 4. The van der Waals surface area contributed by atoms with Crippen molar-refractivity contribution in [1.82, 2.24) is 24.1 Å². The monoisotopic (exact) mass is 353 g/mol. The highest BCUT2D eigenvalue weighted by Crippen LogP contribution is 2.25. The summed E-state index contributed by atoms with van der Waals surface area (Å²) in [5, 5.41) is 3.23. The second-order valence-electron chi connectivity index (χ2n) is 6.96. The lowest BCUT2D eigenvalue weighted by atomic mass is 9.98. The summed E-state index contributed by atoms with van der Waals surface area (Å²) in [6, 6.07) is 2.79. The molecule has 5 nitrogen and oxygen atoms in total. The van der Waals surface area contributed by atoms with Gasteiger partial charge < -0.3 is 14.1 Å². The highest BCUT2D eigenvalue weighted by atomic mass is 19.1. The van der Waals surface area contributed by atoms with Gasteiger partial charge in [-0.05, 0) is 44.5 Å². The Morgan fingerprint density at radius 2 is 1.58 bits per heavy atom. The lowest BCUT2D eigenvalue weighted by molar-refractivity contribution is 0.344. The fraction of sp³-hybridized carbons (Fsp3) is 0.263. The van der Waals surface area contributed by atoms with E-state index in [1.165, 1.54) is 12.1 Å². The number of rotatable bonds is 3. The van der Waals surface area contributed by atoms with Crippen molar-refractivity contribution < 1.29 is 8.78 Å². The molecule has 0 atom stereocenters. The maximum atomic E-state index is 14.6. The van der Waals surface area contributed by atoms with E-state index in [1.807, 2.05) is 13.1 Å². The number of nitrogens with one attached hydrogen (secondary N) is 1. The number of hydrogen-bond donors (Lipinski definition) is 1. The molecule has 1 aliphatic heterocycles. The summed E-state index contributed by atoms with van der Waals surface area (Å²) in [6.45, 7) is 3.76. The molecule has 0 amide bonds. The molecule has 7 heteroatoms. The topological polar surface area (TPSA) is 46.6 Å². The lowest BCUT2D eigenvalue weighted by Crippen LogP contribution is -2.43. The zero-order valence-corrected chi connectivity index (χ0v) is 14.2. The van der Waals surface area contributed by atoms with Crippen molar-refractivity contribution >= 4 is 11.3 Å². The van der Waals surface area contributed by atoms with Crippen molar-refractivity contribution in [2.75, 3.05) is 13.1 Å². The number of imidazole rings is 2. The molecular formula is C19H17F2N5. The van der Waals surface area contributed by atoms with Gasteiger partial charge in [0.1, 0.15) is 0 Å². The van der Waals surface area contributed by atoms with Crippen molar-refractivity contribution in [3.63, 3.8) is 0 Å². The van der Waals surface area contributed by atoms with Crippen LogP contribution < -0.4 is 5.32 Å². The lowest BCUT2D eigenvalue weighted by Gasteiger charge is -2.25. The molecule has 1 saturated heterocycles. The Hall–Kier alpha value is -2.80. The first-order valence-electron chi connectivity index (χ1n) is 8.60. The first kappa shape index (κ1) is 15.5. The van der Waals surface area contributed by atoms with Gasteiger partial charge >= 0.3 is 0 Å². The Morgan fingerprint density at radius 1 is 0.962 bits per heavy atom. The third-order valence-electron chi connectivity index (χ3n) is 4.88. The summed E-state index contributed by atoms with van der Waals surface area (Å²) >= 11 is 0. The van der Waals surface area contributed by atoms with Gasteiger partial charge in [-0.2, -0.15) is 0 Å². The molecule has 0 aromatic carbocycles. The molecule has 4 aromatic heterocycles. The van der Waals surface area contributed by atoms with Gasteiger partial charge in [-0.25, -0.2) is 18.7 Å². The fourth-order valence-electron chi connectivity index (χ4n) is 3.49. The third kappa shape index (κ3) is 2.47. The van der Waals surface area contributed by atoms with Gasteiger partial charge in [-0.3, -0.25) is 0 Å². The standard InChI is InChI=1S/C19H17F2N5/c1-11-7-25-8-13(3-16(20)18(25)23-11)14-4-17(21)19-24-15(10-26(19)9-14)2-12-5-22-6-12/h3-4,7-10,12,22H,2,5-6H2,1H3. The van der Waals surface area contributed by atoms with Gasteiger partial charge in [0, 0.05) is 35.9 Å². The van der Waals surface area contributed by atoms with Crippen LogP contribution in [0.4, 0.5) is 8.78 Å². The van der Waals surface area contributed by atoms with Crippen LogP contribution in [-0.2, 0) is 6.42 Å². The van der Waals surface area contributed by atoms with Crippen LogP contribution in [0.1, 0.15) is 11.4 Å². The fourth-order valence-corrected chi connectivity index (χ4v) is 3.49. The number of halogens is 2. The van der Waals surface area contributed by atoms with E-state index >= 15 is 0 Å². The van der Waals surface area contributed by atoms with Gasteiger partial charge in [-0.15, -0.1) is 0 Å². The van der Waals surface area contributed by atoms with E-state index in [4.69, 9.17) is 0 Å². The van der Waals surface area contributed by atoms with Crippen LogP contribution in [0.25, 0.3) is 22.4 Å². The number of fused-ring (bicyclic) bond motifs is 2. The van der Waals surface area contributed by atoms with Crippen molar-refractivity contribution in [2.24, 2.45) is 5.92 Å². The summed E-state index contributed by atoms with van der Waals surface area (Å²) in [4.78, 5) is 8.56. The Morgan fingerprint density at radius 3 is 2.19 bits per heavy atom. The van der Waals surface area contributed by atoms with E-state index in [2.05, 4.69) is 15.3 Å². The molecule has 0 aliphatic carbocycles. The molecule has 1 N–H and O–H groups in total. The first-order valence-corrected chi connectivity index (χ1v) is 8.60. The first-order chi connectivity index (χ1) is 12.6. The highest BCUT2D eigenvalue weighted by molar-refractivity contribution is 5.66. The molecule has 132 valence electrons. The van der Waals surface area contributed by atoms with Gasteiger partial charge in [0.05, 0.1) is 11.4 Å². The van der Waals surface area contributed by atoms with Gasteiger partial charge in [-0.1, -0.05) is 0 Å². The molecule has 4 aromatic rings. The van der Waals surface area contributed by atoms with E-state index in [9.17, 15) is 8.78 Å². The molecule has 0 bridgehead atoms. The van der Waals surface area contributed by atoms with Crippen molar-refractivity contribution in [3.8, 4) is 11.1 Å². The smallest absolute Gasteiger partial charge is 0.173 e. The minimum atomic E-state index is -0.431. The minimum absolute atomic E-state index is 0.270. The van der Waals surface area contributed by atoms with E-state index in [0.29, 0.717) is 22.7 Å². The molecule has 0 unspecified atom stereocenters. The quantitative estimate of drug-likeness (QED) is 0.616. The predicted octanol–water partition coefficient (Wildman–Crippen LogP) is 3.00. The number of pyridine rings is 2. The van der Waals surface area contributed by atoms with Crippen LogP contribution in [0.5, 0.6) is 0 Å². The Labute approximate surface area is 148 Å². The number of aryl methyl sites for hydroxylation is 1. The maximum absolute atomic E-state index is 14.6. The molecule has 1 aliphatic rings. The van der Waals surface area contributed by atoms with Crippen molar-refractivity contribution in [1.29, 1.82) is 0 Å². The van der Waals surface area contributed by atoms with Crippen LogP contribution in [0.3, 0.4) is 0 Å². The summed E-state index contributed by atoms with van der Waals surface area (Å²) in [7, 11) is 0. The van der Waals surface area contributed by atoms with Crippen LogP contribution in [0.2, 0.25) is 0 Å². The Kier molecular flexibility index (Phi) is 3.33.